The van der Waals surface area contributed by atoms with Crippen molar-refractivity contribution < 1.29 is 9.18 Å². The highest BCUT2D eigenvalue weighted by Gasteiger charge is 2.46. The van der Waals surface area contributed by atoms with Crippen molar-refractivity contribution in [1.29, 1.82) is 0 Å². The number of amides is 1. The number of fused-ring (bicyclic) bond motifs is 1. The molecule has 1 amide bonds. The summed E-state index contributed by atoms with van der Waals surface area (Å²) in [6, 6.07) is 8.68. The molecule has 4 rings (SSSR count). The Labute approximate surface area is 165 Å². The molecule has 5 nitrogen and oxygen atoms in total. The van der Waals surface area contributed by atoms with Crippen molar-refractivity contribution in [3.8, 4) is 0 Å². The van der Waals surface area contributed by atoms with E-state index in [4.69, 9.17) is 0 Å². The fourth-order valence-electron chi connectivity index (χ4n) is 4.54. The van der Waals surface area contributed by atoms with Crippen LogP contribution in [-0.4, -0.2) is 40.2 Å². The predicted octanol–water partition coefficient (Wildman–Crippen LogP) is 2.87. The van der Waals surface area contributed by atoms with Gasteiger partial charge in [0.05, 0.1) is 11.7 Å². The van der Waals surface area contributed by atoms with Gasteiger partial charge in [0.1, 0.15) is 5.82 Å². The number of nitrogens with one attached hydrogen (secondary N) is 1. The number of carbonyl (C=O) groups excluding carboxylic acids is 1. The Kier molecular flexibility index (Phi) is 5.86. The first-order valence-corrected chi connectivity index (χ1v) is 9.29. The van der Waals surface area contributed by atoms with Gasteiger partial charge in [0.25, 0.3) is 0 Å². The van der Waals surface area contributed by atoms with Crippen LogP contribution in [-0.2, 0) is 11.3 Å². The number of halogens is 2. The fraction of sp³-hybridized carbons (Fsp3) is 0.500. The maximum absolute atomic E-state index is 13.8. The molecule has 0 aliphatic carbocycles. The van der Waals surface area contributed by atoms with Gasteiger partial charge in [0.2, 0.25) is 5.91 Å². The summed E-state index contributed by atoms with van der Waals surface area (Å²) in [5.41, 5.74) is 2.94. The van der Waals surface area contributed by atoms with Crippen LogP contribution >= 0.6 is 12.4 Å². The molecule has 0 unspecified atom stereocenters. The number of benzene rings is 1. The van der Waals surface area contributed by atoms with Gasteiger partial charge in [-0.25, -0.2) is 4.39 Å². The Hall–Kier alpha value is -1.92. The molecule has 1 aromatic carbocycles. The second-order valence-corrected chi connectivity index (χ2v) is 7.53. The van der Waals surface area contributed by atoms with Crippen molar-refractivity contribution in [2.75, 3.05) is 19.6 Å². The number of nitrogens with zero attached hydrogens (tertiary/aromatic N) is 3. The topological polar surface area (TPSA) is 50.2 Å². The largest absolute Gasteiger partial charge is 0.335 e. The van der Waals surface area contributed by atoms with Crippen molar-refractivity contribution in [2.45, 2.75) is 32.9 Å². The van der Waals surface area contributed by atoms with Crippen LogP contribution in [0.2, 0.25) is 0 Å². The highest BCUT2D eigenvalue weighted by molar-refractivity contribution is 5.85. The van der Waals surface area contributed by atoms with E-state index in [1.54, 1.807) is 12.1 Å². The molecule has 2 aliphatic rings. The monoisotopic (exact) mass is 392 g/mol. The number of aryl methyl sites for hydroxylation is 3. The number of rotatable bonds is 4. The van der Waals surface area contributed by atoms with Gasteiger partial charge in [0.15, 0.2) is 0 Å². The first-order chi connectivity index (χ1) is 12.5. The minimum absolute atomic E-state index is 0. The molecular weight excluding hydrogens is 367 g/mol. The van der Waals surface area contributed by atoms with Crippen LogP contribution in [0.25, 0.3) is 0 Å². The molecule has 2 aromatic rings. The van der Waals surface area contributed by atoms with E-state index in [0.717, 1.165) is 36.6 Å². The molecule has 2 fully saturated rings. The predicted molar refractivity (Wildman–Crippen MR) is 104 cm³/mol. The summed E-state index contributed by atoms with van der Waals surface area (Å²) in [5.74, 6) is 0.684. The van der Waals surface area contributed by atoms with E-state index in [0.29, 0.717) is 24.8 Å². The van der Waals surface area contributed by atoms with Crippen molar-refractivity contribution in [1.82, 2.24) is 20.0 Å². The second kappa shape index (κ2) is 7.98. The van der Waals surface area contributed by atoms with Gasteiger partial charge < -0.3 is 10.2 Å². The zero-order chi connectivity index (χ0) is 18.3. The zero-order valence-electron chi connectivity index (χ0n) is 15.7. The number of hydrogen-bond acceptors (Lipinski definition) is 3. The summed E-state index contributed by atoms with van der Waals surface area (Å²) >= 11 is 0. The summed E-state index contributed by atoms with van der Waals surface area (Å²) in [5, 5.41) is 7.86. The molecule has 27 heavy (non-hydrogen) atoms. The molecule has 0 bridgehead atoms. The minimum Gasteiger partial charge on any atom is -0.335 e. The van der Waals surface area contributed by atoms with Crippen molar-refractivity contribution >= 4 is 18.3 Å². The Balaban J connectivity index is 0.00000210. The smallest absolute Gasteiger partial charge is 0.224 e. The SMILES string of the molecule is Cc1cc(C)n(CCC(=O)N2C[C@@H]3CNC[C@@H]3[C@H]2c2cccc(F)c2)n1.Cl. The Morgan fingerprint density at radius 3 is 2.81 bits per heavy atom. The van der Waals surface area contributed by atoms with Crippen LogP contribution in [0.4, 0.5) is 4.39 Å². The average Bonchev–Trinajstić information content (AvgIpc) is 3.26. The Morgan fingerprint density at radius 1 is 1.30 bits per heavy atom. The highest BCUT2D eigenvalue weighted by Crippen LogP contribution is 2.43. The summed E-state index contributed by atoms with van der Waals surface area (Å²) in [4.78, 5) is 15.0. The molecule has 3 heterocycles. The number of hydrogen-bond donors (Lipinski definition) is 1. The molecule has 3 atom stereocenters. The Morgan fingerprint density at radius 2 is 2.11 bits per heavy atom. The van der Waals surface area contributed by atoms with Crippen LogP contribution < -0.4 is 5.32 Å². The molecule has 2 saturated heterocycles. The van der Waals surface area contributed by atoms with E-state index in [1.807, 2.05) is 35.6 Å². The van der Waals surface area contributed by atoms with Crippen LogP contribution in [0.1, 0.15) is 29.4 Å². The van der Waals surface area contributed by atoms with E-state index in [2.05, 4.69) is 10.4 Å². The first-order valence-electron chi connectivity index (χ1n) is 9.29. The van der Waals surface area contributed by atoms with Gasteiger partial charge in [-0.2, -0.15) is 5.10 Å². The van der Waals surface area contributed by atoms with Gasteiger partial charge in [-0.1, -0.05) is 12.1 Å². The van der Waals surface area contributed by atoms with Gasteiger partial charge in [-0.05, 0) is 43.5 Å². The standard InChI is InChI=1S/C20H25FN4O.ClH/c1-13-8-14(2)25(23-13)7-6-19(26)24-12-16-10-22-11-18(16)20(24)15-4-3-5-17(21)9-15;/h3-5,8-9,16,18,20,22H,6-7,10-12H2,1-2H3;1H/t16-,18-,20+;/m0./s1. The van der Waals surface area contributed by atoms with Crippen molar-refractivity contribution in [2.24, 2.45) is 11.8 Å². The average molecular weight is 393 g/mol. The number of carbonyl (C=O) groups is 1. The quantitative estimate of drug-likeness (QED) is 0.870. The molecule has 1 N–H and O–H groups in total. The molecule has 0 spiro atoms. The maximum Gasteiger partial charge on any atom is 0.224 e. The van der Waals surface area contributed by atoms with Gasteiger partial charge in [0, 0.05) is 44.2 Å². The first kappa shape index (κ1) is 19.8. The number of likely N-dealkylation sites (tertiary alicyclic amines) is 1. The van der Waals surface area contributed by atoms with E-state index < -0.39 is 0 Å². The third kappa shape index (κ3) is 3.87. The molecule has 7 heteroatoms. The van der Waals surface area contributed by atoms with Crippen LogP contribution in [0.3, 0.4) is 0 Å². The van der Waals surface area contributed by atoms with Crippen LogP contribution in [0, 0.1) is 31.5 Å². The molecular formula is C20H26ClFN4O. The summed E-state index contributed by atoms with van der Waals surface area (Å²) in [6.07, 6.45) is 0.417. The molecule has 146 valence electrons. The minimum atomic E-state index is -0.244. The van der Waals surface area contributed by atoms with Crippen LogP contribution in [0.5, 0.6) is 0 Å². The molecule has 1 aromatic heterocycles. The zero-order valence-corrected chi connectivity index (χ0v) is 16.5. The summed E-state index contributed by atoms with van der Waals surface area (Å²) in [6.45, 7) is 7.10. The fourth-order valence-corrected chi connectivity index (χ4v) is 4.54. The maximum atomic E-state index is 13.8. The van der Waals surface area contributed by atoms with Crippen molar-refractivity contribution in [3.05, 3.63) is 53.1 Å². The van der Waals surface area contributed by atoms with E-state index in [9.17, 15) is 9.18 Å². The van der Waals surface area contributed by atoms with E-state index >= 15 is 0 Å². The molecule has 0 saturated carbocycles. The van der Waals surface area contributed by atoms with Crippen LogP contribution in [0.15, 0.2) is 30.3 Å². The van der Waals surface area contributed by atoms with E-state index in [1.165, 1.54) is 6.07 Å². The third-order valence-electron chi connectivity index (χ3n) is 5.72. The van der Waals surface area contributed by atoms with Gasteiger partial charge >= 0.3 is 0 Å². The third-order valence-corrected chi connectivity index (χ3v) is 5.72. The number of aromatic nitrogens is 2. The lowest BCUT2D eigenvalue weighted by atomic mass is 9.89. The summed E-state index contributed by atoms with van der Waals surface area (Å²) in [7, 11) is 0. The van der Waals surface area contributed by atoms with Crippen molar-refractivity contribution in [3.63, 3.8) is 0 Å². The summed E-state index contributed by atoms with van der Waals surface area (Å²) < 4.78 is 15.7. The normalized spacial score (nSPS) is 24.0. The van der Waals surface area contributed by atoms with E-state index in [-0.39, 0.29) is 30.2 Å². The second-order valence-electron chi connectivity index (χ2n) is 7.53. The lowest BCUT2D eigenvalue weighted by molar-refractivity contribution is -0.133. The molecule has 0 radical (unpaired) electrons. The lowest BCUT2D eigenvalue weighted by Crippen LogP contribution is -2.35. The molecule has 2 aliphatic heterocycles. The lowest BCUT2D eigenvalue weighted by Gasteiger charge is -2.28. The highest BCUT2D eigenvalue weighted by atomic mass is 35.5. The van der Waals surface area contributed by atoms with Gasteiger partial charge in [-0.3, -0.25) is 9.48 Å². The van der Waals surface area contributed by atoms with Gasteiger partial charge in [-0.15, -0.1) is 12.4 Å². The Bertz CT molecular complexity index is 824.